The summed E-state index contributed by atoms with van der Waals surface area (Å²) < 4.78 is 5.21. The molecule has 2 rings (SSSR count). The molecule has 2 aliphatic rings. The Hall–Kier alpha value is -0.570. The minimum atomic E-state index is -0.112. The predicted molar refractivity (Wildman–Crippen MR) is 71.9 cm³/mol. The van der Waals surface area contributed by atoms with Crippen LogP contribution >= 0.6 is 0 Å². The SMILES string of the molecule is CCOC(=O)[C@@H](CN)[C@@H]1C[C@H]2CC[C@@]1(C)C2(C)C. The molecule has 0 spiro atoms. The molecule has 0 unspecified atom stereocenters. The molecule has 0 aromatic heterocycles. The van der Waals surface area contributed by atoms with E-state index in [1.807, 2.05) is 6.92 Å². The summed E-state index contributed by atoms with van der Waals surface area (Å²) in [4.78, 5) is 12.1. The van der Waals surface area contributed by atoms with Crippen LogP contribution in [0.15, 0.2) is 0 Å². The number of ether oxygens (including phenoxy) is 1. The summed E-state index contributed by atoms with van der Waals surface area (Å²) in [5.74, 6) is 0.945. The Labute approximate surface area is 110 Å². The number of esters is 1. The van der Waals surface area contributed by atoms with Crippen LogP contribution in [-0.2, 0) is 9.53 Å². The van der Waals surface area contributed by atoms with Gasteiger partial charge in [0.05, 0.1) is 12.5 Å². The molecule has 0 saturated heterocycles. The lowest BCUT2D eigenvalue weighted by Crippen LogP contribution is -2.42. The summed E-state index contributed by atoms with van der Waals surface area (Å²) >= 11 is 0. The number of hydrogen-bond acceptors (Lipinski definition) is 3. The van der Waals surface area contributed by atoms with Gasteiger partial charge in [0.25, 0.3) is 0 Å². The Morgan fingerprint density at radius 2 is 2.11 bits per heavy atom. The van der Waals surface area contributed by atoms with Crippen LogP contribution in [0, 0.1) is 28.6 Å². The van der Waals surface area contributed by atoms with Crippen molar-refractivity contribution in [3.8, 4) is 0 Å². The molecule has 0 radical (unpaired) electrons. The summed E-state index contributed by atoms with van der Waals surface area (Å²) in [5, 5.41) is 0. The van der Waals surface area contributed by atoms with Gasteiger partial charge in [-0.2, -0.15) is 0 Å². The molecule has 104 valence electrons. The zero-order valence-corrected chi connectivity index (χ0v) is 12.2. The van der Waals surface area contributed by atoms with Crippen molar-refractivity contribution in [2.75, 3.05) is 13.2 Å². The molecule has 2 saturated carbocycles. The molecule has 0 aromatic rings. The predicted octanol–water partition coefficient (Wildman–Crippen LogP) is 2.59. The smallest absolute Gasteiger partial charge is 0.310 e. The first-order chi connectivity index (χ1) is 8.38. The van der Waals surface area contributed by atoms with E-state index >= 15 is 0 Å². The van der Waals surface area contributed by atoms with Gasteiger partial charge in [-0.3, -0.25) is 4.79 Å². The van der Waals surface area contributed by atoms with Gasteiger partial charge in [0, 0.05) is 6.54 Å². The molecule has 0 heterocycles. The lowest BCUT2D eigenvalue weighted by atomic mass is 9.63. The van der Waals surface area contributed by atoms with Gasteiger partial charge in [0.1, 0.15) is 0 Å². The second-order valence-corrected chi connectivity index (χ2v) is 6.81. The van der Waals surface area contributed by atoms with E-state index in [2.05, 4.69) is 20.8 Å². The fraction of sp³-hybridized carbons (Fsp3) is 0.933. The van der Waals surface area contributed by atoms with Crippen molar-refractivity contribution in [1.29, 1.82) is 0 Å². The van der Waals surface area contributed by atoms with Gasteiger partial charge in [-0.1, -0.05) is 20.8 Å². The highest BCUT2D eigenvalue weighted by Crippen LogP contribution is 2.69. The van der Waals surface area contributed by atoms with E-state index in [0.717, 1.165) is 12.3 Å². The lowest BCUT2D eigenvalue weighted by molar-refractivity contribution is -0.152. The normalized spacial score (nSPS) is 38.7. The summed E-state index contributed by atoms with van der Waals surface area (Å²) in [7, 11) is 0. The quantitative estimate of drug-likeness (QED) is 0.783. The first kappa shape index (κ1) is 13.9. The summed E-state index contributed by atoms with van der Waals surface area (Å²) in [6, 6.07) is 0. The number of nitrogens with two attached hydrogens (primary N) is 1. The largest absolute Gasteiger partial charge is 0.466 e. The Bertz CT molecular complexity index is 339. The van der Waals surface area contributed by atoms with E-state index < -0.39 is 0 Å². The fourth-order valence-corrected chi connectivity index (χ4v) is 4.55. The Morgan fingerprint density at radius 1 is 1.44 bits per heavy atom. The monoisotopic (exact) mass is 253 g/mol. The van der Waals surface area contributed by atoms with Crippen molar-refractivity contribution in [3.05, 3.63) is 0 Å². The zero-order chi connectivity index (χ0) is 13.6. The molecule has 0 aliphatic heterocycles. The van der Waals surface area contributed by atoms with Crippen LogP contribution in [0.5, 0.6) is 0 Å². The van der Waals surface area contributed by atoms with E-state index in [1.54, 1.807) is 0 Å². The second-order valence-electron chi connectivity index (χ2n) is 6.81. The molecule has 4 atom stereocenters. The number of hydrogen-bond donors (Lipinski definition) is 1. The first-order valence-electron chi connectivity index (χ1n) is 7.25. The maximum atomic E-state index is 12.1. The highest BCUT2D eigenvalue weighted by Gasteiger charge is 2.63. The van der Waals surface area contributed by atoms with Gasteiger partial charge >= 0.3 is 5.97 Å². The summed E-state index contributed by atoms with van der Waals surface area (Å²) in [6.45, 7) is 9.81. The molecule has 3 heteroatoms. The molecule has 2 aliphatic carbocycles. The van der Waals surface area contributed by atoms with Crippen molar-refractivity contribution in [3.63, 3.8) is 0 Å². The molecule has 2 fully saturated rings. The Kier molecular flexibility index (Phi) is 3.48. The van der Waals surface area contributed by atoms with Gasteiger partial charge < -0.3 is 10.5 Å². The molecule has 2 bridgehead atoms. The van der Waals surface area contributed by atoms with Crippen molar-refractivity contribution in [1.82, 2.24) is 0 Å². The van der Waals surface area contributed by atoms with Gasteiger partial charge in [0.15, 0.2) is 0 Å². The average Bonchev–Trinajstić information content (AvgIpc) is 2.63. The van der Waals surface area contributed by atoms with Crippen LogP contribution in [0.1, 0.15) is 47.0 Å². The molecule has 3 nitrogen and oxygen atoms in total. The standard InChI is InChI=1S/C15H27NO2/c1-5-18-13(17)11(9-16)12-8-10-6-7-15(12,4)14(10,2)3/h10-12H,5-9,16H2,1-4H3/t10-,11+,12+,15-/m1/s1. The zero-order valence-electron chi connectivity index (χ0n) is 12.2. The third kappa shape index (κ3) is 1.70. The molecular weight excluding hydrogens is 226 g/mol. The van der Waals surface area contributed by atoms with Crippen LogP contribution in [0.2, 0.25) is 0 Å². The molecule has 0 amide bonds. The number of carbonyl (C=O) groups excluding carboxylic acids is 1. The van der Waals surface area contributed by atoms with Gasteiger partial charge in [-0.05, 0) is 48.9 Å². The average molecular weight is 253 g/mol. The van der Waals surface area contributed by atoms with Gasteiger partial charge in [-0.15, -0.1) is 0 Å². The van der Waals surface area contributed by atoms with Crippen LogP contribution in [0.25, 0.3) is 0 Å². The van der Waals surface area contributed by atoms with Crippen molar-refractivity contribution in [2.45, 2.75) is 47.0 Å². The highest BCUT2D eigenvalue weighted by molar-refractivity contribution is 5.73. The molecule has 2 N–H and O–H groups in total. The number of carbonyl (C=O) groups is 1. The van der Waals surface area contributed by atoms with Crippen LogP contribution in [0.4, 0.5) is 0 Å². The topological polar surface area (TPSA) is 52.3 Å². The third-order valence-electron chi connectivity index (χ3n) is 6.19. The second kappa shape index (κ2) is 4.52. The lowest BCUT2D eigenvalue weighted by Gasteiger charge is -2.41. The van der Waals surface area contributed by atoms with E-state index in [0.29, 0.717) is 24.5 Å². The minimum absolute atomic E-state index is 0.0884. The Morgan fingerprint density at radius 3 is 2.50 bits per heavy atom. The van der Waals surface area contributed by atoms with Crippen molar-refractivity contribution in [2.24, 2.45) is 34.3 Å². The van der Waals surface area contributed by atoms with Crippen molar-refractivity contribution < 1.29 is 9.53 Å². The van der Waals surface area contributed by atoms with E-state index in [4.69, 9.17) is 10.5 Å². The number of rotatable bonds is 4. The van der Waals surface area contributed by atoms with E-state index in [1.165, 1.54) is 12.8 Å². The molecule has 0 aromatic carbocycles. The van der Waals surface area contributed by atoms with Crippen molar-refractivity contribution >= 4 is 5.97 Å². The van der Waals surface area contributed by atoms with Crippen LogP contribution in [0.3, 0.4) is 0 Å². The van der Waals surface area contributed by atoms with Crippen LogP contribution in [-0.4, -0.2) is 19.1 Å². The van der Waals surface area contributed by atoms with Crippen LogP contribution < -0.4 is 5.73 Å². The summed E-state index contributed by atoms with van der Waals surface area (Å²) in [6.07, 6.45) is 3.68. The minimum Gasteiger partial charge on any atom is -0.466 e. The highest BCUT2D eigenvalue weighted by atomic mass is 16.5. The maximum absolute atomic E-state index is 12.1. The number of fused-ring (bicyclic) bond motifs is 2. The molecule has 18 heavy (non-hydrogen) atoms. The van der Waals surface area contributed by atoms with E-state index in [-0.39, 0.29) is 17.3 Å². The third-order valence-corrected chi connectivity index (χ3v) is 6.19. The molecular formula is C15H27NO2. The first-order valence-corrected chi connectivity index (χ1v) is 7.25. The summed E-state index contributed by atoms with van der Waals surface area (Å²) in [5.41, 5.74) is 6.44. The Balaban J connectivity index is 2.22. The fourth-order valence-electron chi connectivity index (χ4n) is 4.55. The van der Waals surface area contributed by atoms with Gasteiger partial charge in [-0.25, -0.2) is 0 Å². The van der Waals surface area contributed by atoms with E-state index in [9.17, 15) is 4.79 Å². The maximum Gasteiger partial charge on any atom is 0.310 e. The van der Waals surface area contributed by atoms with Gasteiger partial charge in [0.2, 0.25) is 0 Å².